The van der Waals surface area contributed by atoms with E-state index in [0.717, 1.165) is 17.1 Å². The molecule has 0 aliphatic heterocycles. The van der Waals surface area contributed by atoms with Crippen molar-refractivity contribution >= 4 is 39.9 Å². The highest BCUT2D eigenvalue weighted by atomic mass is 127. The normalized spacial score (nSPS) is 12.5. The van der Waals surface area contributed by atoms with E-state index >= 15 is 0 Å². The standard InChI is InChI=1S/C13H19ClIN/c1-3-5-6-11(4-2)16-13-8-7-10(15)9-12(13)14/h7-9,11,16H,3-6H2,1-2H3. The number of halogens is 2. The molecule has 3 heteroatoms. The number of unbranched alkanes of at least 4 members (excludes halogenated alkanes) is 1. The molecule has 0 saturated carbocycles. The van der Waals surface area contributed by atoms with Crippen LogP contribution in [0.25, 0.3) is 0 Å². The lowest BCUT2D eigenvalue weighted by Gasteiger charge is -2.19. The third kappa shape index (κ3) is 4.50. The summed E-state index contributed by atoms with van der Waals surface area (Å²) in [6.07, 6.45) is 4.88. The fourth-order valence-corrected chi connectivity index (χ4v) is 2.57. The predicted molar refractivity (Wildman–Crippen MR) is 81.4 cm³/mol. The Kier molecular flexibility index (Phi) is 6.51. The van der Waals surface area contributed by atoms with Crippen molar-refractivity contribution in [2.45, 2.75) is 45.6 Å². The summed E-state index contributed by atoms with van der Waals surface area (Å²) in [5.41, 5.74) is 1.06. The van der Waals surface area contributed by atoms with Gasteiger partial charge in [-0.3, -0.25) is 0 Å². The van der Waals surface area contributed by atoms with Crippen molar-refractivity contribution in [3.8, 4) is 0 Å². The second kappa shape index (κ2) is 7.38. The van der Waals surface area contributed by atoms with Crippen molar-refractivity contribution in [2.24, 2.45) is 0 Å². The Bertz CT molecular complexity index is 328. The van der Waals surface area contributed by atoms with Crippen molar-refractivity contribution in [3.05, 3.63) is 26.8 Å². The van der Waals surface area contributed by atoms with Crippen LogP contribution in [0.15, 0.2) is 18.2 Å². The summed E-state index contributed by atoms with van der Waals surface area (Å²) in [5.74, 6) is 0. The molecular weight excluding hydrogens is 333 g/mol. The fraction of sp³-hybridized carbons (Fsp3) is 0.538. The molecule has 0 saturated heterocycles. The summed E-state index contributed by atoms with van der Waals surface area (Å²) >= 11 is 8.47. The van der Waals surface area contributed by atoms with Gasteiger partial charge in [0.15, 0.2) is 0 Å². The predicted octanol–water partition coefficient (Wildman–Crippen LogP) is 5.33. The van der Waals surface area contributed by atoms with Crippen molar-refractivity contribution < 1.29 is 0 Å². The second-order valence-corrected chi connectivity index (χ2v) is 5.67. The topological polar surface area (TPSA) is 12.0 Å². The number of benzene rings is 1. The minimum Gasteiger partial charge on any atom is -0.381 e. The van der Waals surface area contributed by atoms with E-state index in [1.54, 1.807) is 0 Å². The molecule has 0 amide bonds. The van der Waals surface area contributed by atoms with Crippen LogP contribution in [-0.2, 0) is 0 Å². The maximum atomic E-state index is 6.20. The van der Waals surface area contributed by atoms with E-state index in [0.29, 0.717) is 6.04 Å². The first kappa shape index (κ1) is 14.1. The van der Waals surface area contributed by atoms with Gasteiger partial charge in [0.05, 0.1) is 10.7 Å². The maximum Gasteiger partial charge on any atom is 0.0648 e. The smallest absolute Gasteiger partial charge is 0.0648 e. The van der Waals surface area contributed by atoms with Crippen molar-refractivity contribution in [1.29, 1.82) is 0 Å². The van der Waals surface area contributed by atoms with Crippen molar-refractivity contribution in [2.75, 3.05) is 5.32 Å². The second-order valence-electron chi connectivity index (χ2n) is 4.02. The zero-order valence-corrected chi connectivity index (χ0v) is 12.8. The highest BCUT2D eigenvalue weighted by Gasteiger charge is 2.07. The Morgan fingerprint density at radius 3 is 2.69 bits per heavy atom. The molecule has 16 heavy (non-hydrogen) atoms. The highest BCUT2D eigenvalue weighted by Crippen LogP contribution is 2.25. The quantitative estimate of drug-likeness (QED) is 0.683. The molecule has 0 aliphatic carbocycles. The minimum absolute atomic E-state index is 0.539. The first-order valence-electron chi connectivity index (χ1n) is 5.89. The molecular formula is C13H19ClIN. The van der Waals surface area contributed by atoms with Crippen LogP contribution in [0.3, 0.4) is 0 Å². The molecule has 1 rings (SSSR count). The first-order chi connectivity index (χ1) is 7.67. The largest absolute Gasteiger partial charge is 0.381 e. The Balaban J connectivity index is 2.62. The lowest BCUT2D eigenvalue weighted by atomic mass is 10.1. The third-order valence-corrected chi connectivity index (χ3v) is 3.67. The number of hydrogen-bond acceptors (Lipinski definition) is 1. The van der Waals surface area contributed by atoms with Crippen LogP contribution >= 0.6 is 34.2 Å². The van der Waals surface area contributed by atoms with Gasteiger partial charge in [-0.15, -0.1) is 0 Å². The van der Waals surface area contributed by atoms with Gasteiger partial charge in [0, 0.05) is 9.61 Å². The van der Waals surface area contributed by atoms with Gasteiger partial charge in [0.25, 0.3) is 0 Å². The first-order valence-corrected chi connectivity index (χ1v) is 7.34. The van der Waals surface area contributed by atoms with Gasteiger partial charge in [-0.2, -0.15) is 0 Å². The van der Waals surface area contributed by atoms with E-state index < -0.39 is 0 Å². The molecule has 1 nitrogen and oxygen atoms in total. The van der Waals surface area contributed by atoms with Crippen LogP contribution in [-0.4, -0.2) is 6.04 Å². The number of hydrogen-bond donors (Lipinski definition) is 1. The van der Waals surface area contributed by atoms with Crippen LogP contribution in [0.2, 0.25) is 5.02 Å². The Hall–Kier alpha value is 0.0400. The molecule has 1 aromatic rings. The Morgan fingerprint density at radius 2 is 2.12 bits per heavy atom. The minimum atomic E-state index is 0.539. The summed E-state index contributed by atoms with van der Waals surface area (Å²) in [6, 6.07) is 6.69. The molecule has 0 radical (unpaired) electrons. The molecule has 0 heterocycles. The van der Waals surface area contributed by atoms with E-state index in [-0.39, 0.29) is 0 Å². The van der Waals surface area contributed by atoms with E-state index in [1.165, 1.54) is 22.8 Å². The Morgan fingerprint density at radius 1 is 1.38 bits per heavy atom. The van der Waals surface area contributed by atoms with E-state index in [1.807, 2.05) is 6.07 Å². The lowest BCUT2D eigenvalue weighted by Crippen LogP contribution is -2.18. The Labute approximate surface area is 117 Å². The molecule has 1 atom stereocenters. The van der Waals surface area contributed by atoms with Crippen LogP contribution in [0.4, 0.5) is 5.69 Å². The highest BCUT2D eigenvalue weighted by molar-refractivity contribution is 14.1. The summed E-state index contributed by atoms with van der Waals surface area (Å²) in [4.78, 5) is 0. The van der Waals surface area contributed by atoms with Gasteiger partial charge in [-0.1, -0.05) is 38.3 Å². The summed E-state index contributed by atoms with van der Waals surface area (Å²) in [7, 11) is 0. The fourth-order valence-electron chi connectivity index (χ4n) is 1.66. The molecule has 0 bridgehead atoms. The number of rotatable bonds is 6. The molecule has 1 aromatic carbocycles. The molecule has 0 spiro atoms. The van der Waals surface area contributed by atoms with E-state index in [9.17, 15) is 0 Å². The molecule has 0 fully saturated rings. The number of nitrogens with one attached hydrogen (secondary N) is 1. The van der Waals surface area contributed by atoms with Gasteiger partial charge in [0.1, 0.15) is 0 Å². The van der Waals surface area contributed by atoms with Crippen molar-refractivity contribution in [1.82, 2.24) is 0 Å². The third-order valence-electron chi connectivity index (χ3n) is 2.69. The summed E-state index contributed by atoms with van der Waals surface area (Å²) < 4.78 is 1.18. The molecule has 1 unspecified atom stereocenters. The van der Waals surface area contributed by atoms with Gasteiger partial charge >= 0.3 is 0 Å². The van der Waals surface area contributed by atoms with Gasteiger partial charge in [0.2, 0.25) is 0 Å². The number of anilines is 1. The van der Waals surface area contributed by atoms with Crippen molar-refractivity contribution in [3.63, 3.8) is 0 Å². The molecule has 0 aromatic heterocycles. The molecule has 0 aliphatic rings. The van der Waals surface area contributed by atoms with Gasteiger partial charge in [-0.05, 0) is 53.6 Å². The van der Waals surface area contributed by atoms with E-state index in [4.69, 9.17) is 11.6 Å². The molecule has 90 valence electrons. The van der Waals surface area contributed by atoms with Gasteiger partial charge in [-0.25, -0.2) is 0 Å². The lowest BCUT2D eigenvalue weighted by molar-refractivity contribution is 0.593. The monoisotopic (exact) mass is 351 g/mol. The van der Waals surface area contributed by atoms with Crippen LogP contribution < -0.4 is 5.32 Å². The van der Waals surface area contributed by atoms with E-state index in [2.05, 4.69) is 53.9 Å². The van der Waals surface area contributed by atoms with Gasteiger partial charge < -0.3 is 5.32 Å². The average molecular weight is 352 g/mol. The average Bonchev–Trinajstić information content (AvgIpc) is 2.27. The molecule has 1 N–H and O–H groups in total. The van der Waals surface area contributed by atoms with Crippen LogP contribution in [0.5, 0.6) is 0 Å². The maximum absolute atomic E-state index is 6.20. The van der Waals surface area contributed by atoms with Crippen LogP contribution in [0.1, 0.15) is 39.5 Å². The van der Waals surface area contributed by atoms with Crippen LogP contribution in [0, 0.1) is 3.57 Å². The zero-order chi connectivity index (χ0) is 12.0. The SMILES string of the molecule is CCCCC(CC)Nc1ccc(I)cc1Cl. The summed E-state index contributed by atoms with van der Waals surface area (Å²) in [5, 5.41) is 4.34. The zero-order valence-electron chi connectivity index (χ0n) is 9.89. The summed E-state index contributed by atoms with van der Waals surface area (Å²) in [6.45, 7) is 4.44.